The molecule has 0 fully saturated rings. The molecule has 0 aliphatic rings. The van der Waals surface area contributed by atoms with Crippen LogP contribution in [0.1, 0.15) is 5.56 Å². The fourth-order valence-electron chi connectivity index (χ4n) is 1.54. The van der Waals surface area contributed by atoms with E-state index in [1.54, 1.807) is 0 Å². The van der Waals surface area contributed by atoms with Gasteiger partial charge in [0.1, 0.15) is 12.0 Å². The molecule has 0 spiro atoms. The summed E-state index contributed by atoms with van der Waals surface area (Å²) < 4.78 is 6.08. The van der Waals surface area contributed by atoms with Crippen molar-refractivity contribution in [1.29, 1.82) is 0 Å². The van der Waals surface area contributed by atoms with Crippen LogP contribution in [-0.4, -0.2) is 17.1 Å². The SMILES string of the molecule is COc1ncnc(Nc2ccc(Br)cc2C)c1N. The summed E-state index contributed by atoms with van der Waals surface area (Å²) in [6, 6.07) is 5.91. The number of aromatic nitrogens is 2. The molecule has 94 valence electrons. The summed E-state index contributed by atoms with van der Waals surface area (Å²) in [5.74, 6) is 0.898. The first kappa shape index (κ1) is 12.6. The van der Waals surface area contributed by atoms with Crippen molar-refractivity contribution in [2.75, 3.05) is 18.2 Å². The first-order valence-corrected chi connectivity index (χ1v) is 6.08. The van der Waals surface area contributed by atoms with E-state index < -0.39 is 0 Å². The lowest BCUT2D eigenvalue weighted by Gasteiger charge is -2.12. The van der Waals surface area contributed by atoms with Crippen LogP contribution in [0.15, 0.2) is 29.0 Å². The molecular formula is C12H13BrN4O. The lowest BCUT2D eigenvalue weighted by Crippen LogP contribution is -2.03. The molecule has 5 nitrogen and oxygen atoms in total. The number of ether oxygens (including phenoxy) is 1. The van der Waals surface area contributed by atoms with Gasteiger partial charge in [-0.3, -0.25) is 0 Å². The van der Waals surface area contributed by atoms with Gasteiger partial charge < -0.3 is 15.8 Å². The standard InChI is InChI=1S/C12H13BrN4O/c1-7-5-8(13)3-4-9(7)17-11-10(14)12(18-2)16-6-15-11/h3-6H,14H2,1-2H3,(H,15,16,17). The second kappa shape index (κ2) is 5.22. The van der Waals surface area contributed by atoms with E-state index in [4.69, 9.17) is 10.5 Å². The molecule has 1 heterocycles. The van der Waals surface area contributed by atoms with Crippen molar-refractivity contribution < 1.29 is 4.74 Å². The highest BCUT2D eigenvalue weighted by Gasteiger charge is 2.09. The number of anilines is 3. The van der Waals surface area contributed by atoms with Gasteiger partial charge in [0, 0.05) is 10.2 Å². The molecule has 6 heteroatoms. The Kier molecular flexibility index (Phi) is 3.66. The predicted octanol–water partition coefficient (Wildman–Crippen LogP) is 2.88. The fourth-order valence-corrected chi connectivity index (χ4v) is 2.01. The number of nitrogens with zero attached hydrogens (tertiary/aromatic N) is 2. The van der Waals surface area contributed by atoms with Crippen molar-refractivity contribution in [1.82, 2.24) is 9.97 Å². The first-order chi connectivity index (χ1) is 8.61. The number of hydrogen-bond acceptors (Lipinski definition) is 5. The summed E-state index contributed by atoms with van der Waals surface area (Å²) in [5, 5.41) is 3.17. The summed E-state index contributed by atoms with van der Waals surface area (Å²) >= 11 is 3.42. The number of methoxy groups -OCH3 is 1. The number of halogens is 1. The van der Waals surface area contributed by atoms with Gasteiger partial charge in [0.2, 0.25) is 5.88 Å². The number of nitrogens with one attached hydrogen (secondary N) is 1. The first-order valence-electron chi connectivity index (χ1n) is 5.29. The van der Waals surface area contributed by atoms with Crippen molar-refractivity contribution in [3.63, 3.8) is 0 Å². The van der Waals surface area contributed by atoms with Gasteiger partial charge >= 0.3 is 0 Å². The van der Waals surface area contributed by atoms with Crippen LogP contribution in [0, 0.1) is 6.92 Å². The molecule has 0 amide bonds. The minimum atomic E-state index is 0.363. The molecule has 0 unspecified atom stereocenters. The van der Waals surface area contributed by atoms with Gasteiger partial charge in [-0.2, -0.15) is 4.98 Å². The third kappa shape index (κ3) is 2.53. The van der Waals surface area contributed by atoms with Gasteiger partial charge in [0.25, 0.3) is 0 Å². The zero-order valence-corrected chi connectivity index (χ0v) is 11.7. The molecule has 2 rings (SSSR count). The monoisotopic (exact) mass is 308 g/mol. The molecule has 0 aliphatic carbocycles. The van der Waals surface area contributed by atoms with E-state index in [-0.39, 0.29) is 0 Å². The van der Waals surface area contributed by atoms with Crippen molar-refractivity contribution in [3.05, 3.63) is 34.6 Å². The Morgan fingerprint density at radius 1 is 1.33 bits per heavy atom. The number of benzene rings is 1. The molecule has 0 bridgehead atoms. The van der Waals surface area contributed by atoms with Crippen molar-refractivity contribution in [2.45, 2.75) is 6.92 Å². The van der Waals surface area contributed by atoms with Crippen LogP contribution in [0.3, 0.4) is 0 Å². The van der Waals surface area contributed by atoms with Crippen LogP contribution in [0.2, 0.25) is 0 Å². The van der Waals surface area contributed by atoms with Gasteiger partial charge in [-0.25, -0.2) is 4.98 Å². The Morgan fingerprint density at radius 3 is 2.78 bits per heavy atom. The minimum absolute atomic E-state index is 0.363. The highest BCUT2D eigenvalue weighted by Crippen LogP contribution is 2.29. The second-order valence-corrected chi connectivity index (χ2v) is 4.65. The van der Waals surface area contributed by atoms with E-state index in [9.17, 15) is 0 Å². The van der Waals surface area contributed by atoms with Gasteiger partial charge in [0.05, 0.1) is 7.11 Å². The summed E-state index contributed by atoms with van der Waals surface area (Å²) in [6.45, 7) is 2.00. The topological polar surface area (TPSA) is 73.1 Å². The Balaban J connectivity index is 2.34. The van der Waals surface area contributed by atoms with E-state index >= 15 is 0 Å². The molecule has 0 saturated carbocycles. The number of nitrogens with two attached hydrogens (primary N) is 1. The maximum atomic E-state index is 5.90. The molecule has 1 aromatic heterocycles. The summed E-state index contributed by atoms with van der Waals surface area (Å²) in [6.07, 6.45) is 1.41. The molecule has 2 aromatic rings. The molecule has 0 atom stereocenters. The number of rotatable bonds is 3. The molecule has 0 aliphatic heterocycles. The normalized spacial score (nSPS) is 10.2. The average Bonchev–Trinajstić information content (AvgIpc) is 2.35. The Labute approximate surface area is 114 Å². The van der Waals surface area contributed by atoms with Crippen LogP contribution in [0.5, 0.6) is 5.88 Å². The van der Waals surface area contributed by atoms with E-state index in [1.165, 1.54) is 13.4 Å². The third-order valence-corrected chi connectivity index (χ3v) is 2.98. The van der Waals surface area contributed by atoms with E-state index in [0.29, 0.717) is 17.4 Å². The quantitative estimate of drug-likeness (QED) is 0.912. The fraction of sp³-hybridized carbons (Fsp3) is 0.167. The lowest BCUT2D eigenvalue weighted by molar-refractivity contribution is 0.399. The molecule has 18 heavy (non-hydrogen) atoms. The maximum absolute atomic E-state index is 5.90. The molecule has 0 radical (unpaired) electrons. The summed E-state index contributed by atoms with van der Waals surface area (Å²) in [7, 11) is 1.52. The van der Waals surface area contributed by atoms with Crippen LogP contribution in [-0.2, 0) is 0 Å². The predicted molar refractivity (Wildman–Crippen MR) is 75.2 cm³/mol. The number of aryl methyl sites for hydroxylation is 1. The Bertz CT molecular complexity index is 574. The van der Waals surface area contributed by atoms with Gasteiger partial charge in [-0.05, 0) is 30.7 Å². The minimum Gasteiger partial charge on any atom is -0.479 e. The zero-order valence-electron chi connectivity index (χ0n) is 10.1. The van der Waals surface area contributed by atoms with Gasteiger partial charge in [-0.15, -0.1) is 0 Å². The van der Waals surface area contributed by atoms with E-state index in [0.717, 1.165) is 15.7 Å². The smallest absolute Gasteiger partial charge is 0.242 e. The van der Waals surface area contributed by atoms with Crippen LogP contribution < -0.4 is 15.8 Å². The highest BCUT2D eigenvalue weighted by molar-refractivity contribution is 9.10. The summed E-state index contributed by atoms with van der Waals surface area (Å²) in [4.78, 5) is 8.04. The molecule has 3 N–H and O–H groups in total. The van der Waals surface area contributed by atoms with Crippen molar-refractivity contribution in [2.24, 2.45) is 0 Å². The van der Waals surface area contributed by atoms with Gasteiger partial charge in [-0.1, -0.05) is 15.9 Å². The van der Waals surface area contributed by atoms with Gasteiger partial charge in [0.15, 0.2) is 5.82 Å². The summed E-state index contributed by atoms with van der Waals surface area (Å²) in [5.41, 5.74) is 8.31. The third-order valence-electron chi connectivity index (χ3n) is 2.48. The molecular weight excluding hydrogens is 296 g/mol. The Hall–Kier alpha value is -1.82. The zero-order chi connectivity index (χ0) is 13.1. The van der Waals surface area contributed by atoms with E-state index in [1.807, 2.05) is 25.1 Å². The second-order valence-electron chi connectivity index (χ2n) is 3.73. The van der Waals surface area contributed by atoms with E-state index in [2.05, 4.69) is 31.2 Å². The van der Waals surface area contributed by atoms with Crippen molar-refractivity contribution in [3.8, 4) is 5.88 Å². The maximum Gasteiger partial charge on any atom is 0.242 e. The number of hydrogen-bond donors (Lipinski definition) is 2. The average molecular weight is 309 g/mol. The van der Waals surface area contributed by atoms with Crippen molar-refractivity contribution >= 4 is 33.1 Å². The molecule has 0 saturated heterocycles. The lowest BCUT2D eigenvalue weighted by atomic mass is 10.2. The largest absolute Gasteiger partial charge is 0.479 e. The number of nitrogen functional groups attached to an aromatic ring is 1. The van der Waals surface area contributed by atoms with Crippen LogP contribution in [0.4, 0.5) is 17.2 Å². The highest BCUT2D eigenvalue weighted by atomic mass is 79.9. The van der Waals surface area contributed by atoms with Crippen LogP contribution >= 0.6 is 15.9 Å². The van der Waals surface area contributed by atoms with Crippen LogP contribution in [0.25, 0.3) is 0 Å². The Morgan fingerprint density at radius 2 is 2.11 bits per heavy atom. The molecule has 1 aromatic carbocycles.